The van der Waals surface area contributed by atoms with Gasteiger partial charge in [0, 0.05) is 5.56 Å². The largest absolute Gasteiger partial charge is 0.508 e. The molecule has 0 unspecified atom stereocenters. The molecule has 1 N–H and O–H groups in total. The molecule has 56 valence electrons. The SMILES string of the molecule is C#C.C=C(O)c1ccccc1. The topological polar surface area (TPSA) is 20.2 Å². The molecule has 0 aliphatic heterocycles. The van der Waals surface area contributed by atoms with Gasteiger partial charge in [0.15, 0.2) is 0 Å². The molecule has 0 amide bonds. The van der Waals surface area contributed by atoms with Crippen LogP contribution in [0.25, 0.3) is 5.76 Å². The zero-order chi connectivity index (χ0) is 8.69. The Balaban J connectivity index is 0.000000461. The maximum atomic E-state index is 8.83. The first kappa shape index (κ1) is 9.32. The third kappa shape index (κ3) is 3.12. The predicted octanol–water partition coefficient (Wildman–Crippen LogP) is 2.46. The molecule has 0 bridgehead atoms. The van der Waals surface area contributed by atoms with Crippen LogP contribution in [0.4, 0.5) is 0 Å². The Hall–Kier alpha value is -1.68. The van der Waals surface area contributed by atoms with E-state index in [0.29, 0.717) is 0 Å². The Morgan fingerprint density at radius 3 is 1.91 bits per heavy atom. The van der Waals surface area contributed by atoms with Gasteiger partial charge in [-0.15, -0.1) is 12.8 Å². The number of terminal acetylenes is 1. The molecule has 0 heterocycles. The van der Waals surface area contributed by atoms with Gasteiger partial charge in [0.05, 0.1) is 0 Å². The van der Waals surface area contributed by atoms with Gasteiger partial charge in [-0.05, 0) is 0 Å². The van der Waals surface area contributed by atoms with Crippen LogP contribution in [0.15, 0.2) is 36.9 Å². The molecule has 0 aliphatic rings. The summed E-state index contributed by atoms with van der Waals surface area (Å²) in [6, 6.07) is 9.23. The number of rotatable bonds is 1. The highest BCUT2D eigenvalue weighted by molar-refractivity contribution is 5.55. The van der Waals surface area contributed by atoms with Crippen LogP contribution in [0.1, 0.15) is 5.56 Å². The van der Waals surface area contributed by atoms with Crippen molar-refractivity contribution in [3.63, 3.8) is 0 Å². The molecule has 0 aromatic heterocycles. The molecular formula is C10H10O. The minimum atomic E-state index is 0.121. The van der Waals surface area contributed by atoms with Crippen LogP contribution in [-0.2, 0) is 0 Å². The van der Waals surface area contributed by atoms with E-state index in [1.807, 2.05) is 30.3 Å². The Morgan fingerprint density at radius 1 is 1.18 bits per heavy atom. The lowest BCUT2D eigenvalue weighted by molar-refractivity contribution is 0.514. The summed E-state index contributed by atoms with van der Waals surface area (Å²) in [5.41, 5.74) is 0.775. The summed E-state index contributed by atoms with van der Waals surface area (Å²) in [4.78, 5) is 0. The molecule has 0 radical (unpaired) electrons. The van der Waals surface area contributed by atoms with Crippen molar-refractivity contribution in [2.24, 2.45) is 0 Å². The number of hydrogen-bond donors (Lipinski definition) is 1. The van der Waals surface area contributed by atoms with Crippen molar-refractivity contribution in [2.45, 2.75) is 0 Å². The van der Waals surface area contributed by atoms with Crippen LogP contribution in [-0.4, -0.2) is 5.11 Å². The molecule has 11 heavy (non-hydrogen) atoms. The summed E-state index contributed by atoms with van der Waals surface area (Å²) in [5.74, 6) is 0.121. The normalized spacial score (nSPS) is 7.45. The van der Waals surface area contributed by atoms with E-state index in [4.69, 9.17) is 5.11 Å². The average molecular weight is 146 g/mol. The van der Waals surface area contributed by atoms with Crippen molar-refractivity contribution in [1.29, 1.82) is 0 Å². The van der Waals surface area contributed by atoms with Gasteiger partial charge < -0.3 is 5.11 Å². The summed E-state index contributed by atoms with van der Waals surface area (Å²) in [7, 11) is 0. The fourth-order valence-electron chi connectivity index (χ4n) is 0.631. The second-order valence-corrected chi connectivity index (χ2v) is 1.81. The standard InChI is InChI=1S/C8H8O.C2H2/c1-7(9)8-5-3-2-4-6-8;1-2/h2-6,9H,1H2;1-2H. The Morgan fingerprint density at radius 2 is 1.64 bits per heavy atom. The van der Waals surface area contributed by atoms with E-state index in [1.54, 1.807) is 0 Å². The quantitative estimate of drug-likeness (QED) is 0.476. The monoisotopic (exact) mass is 146 g/mol. The third-order valence-electron chi connectivity index (χ3n) is 1.11. The zero-order valence-electron chi connectivity index (χ0n) is 6.20. The average Bonchev–Trinajstić information content (AvgIpc) is 2.10. The van der Waals surface area contributed by atoms with Crippen LogP contribution in [0, 0.1) is 12.8 Å². The van der Waals surface area contributed by atoms with Gasteiger partial charge in [-0.3, -0.25) is 0 Å². The van der Waals surface area contributed by atoms with Crippen molar-refractivity contribution in [2.75, 3.05) is 0 Å². The number of aliphatic hydroxyl groups is 1. The fraction of sp³-hybridized carbons (Fsp3) is 0. The smallest absolute Gasteiger partial charge is 0.115 e. The highest BCUT2D eigenvalue weighted by Gasteiger charge is 1.89. The molecule has 1 heteroatoms. The predicted molar refractivity (Wildman–Crippen MR) is 48.0 cm³/mol. The molecule has 1 rings (SSSR count). The van der Waals surface area contributed by atoms with E-state index in [9.17, 15) is 0 Å². The summed E-state index contributed by atoms with van der Waals surface area (Å²) in [5, 5.41) is 8.83. The molecular weight excluding hydrogens is 136 g/mol. The van der Waals surface area contributed by atoms with E-state index in [2.05, 4.69) is 19.4 Å². The Bertz CT molecular complexity index is 234. The van der Waals surface area contributed by atoms with Crippen molar-refractivity contribution >= 4 is 5.76 Å². The van der Waals surface area contributed by atoms with Gasteiger partial charge in [-0.25, -0.2) is 0 Å². The van der Waals surface area contributed by atoms with E-state index < -0.39 is 0 Å². The second-order valence-electron chi connectivity index (χ2n) is 1.81. The van der Waals surface area contributed by atoms with Gasteiger partial charge in [-0.1, -0.05) is 36.9 Å². The molecule has 1 aromatic rings. The molecule has 0 atom stereocenters. The van der Waals surface area contributed by atoms with Crippen molar-refractivity contribution in [1.82, 2.24) is 0 Å². The van der Waals surface area contributed by atoms with E-state index >= 15 is 0 Å². The summed E-state index contributed by atoms with van der Waals surface area (Å²) in [6.45, 7) is 3.38. The number of benzene rings is 1. The third-order valence-corrected chi connectivity index (χ3v) is 1.11. The first-order valence-corrected chi connectivity index (χ1v) is 3.07. The van der Waals surface area contributed by atoms with Crippen molar-refractivity contribution in [3.8, 4) is 12.8 Å². The van der Waals surface area contributed by atoms with Crippen LogP contribution >= 0.6 is 0 Å². The number of aliphatic hydroxyl groups excluding tert-OH is 1. The fourth-order valence-corrected chi connectivity index (χ4v) is 0.631. The molecule has 1 nitrogen and oxygen atoms in total. The van der Waals surface area contributed by atoms with Crippen LogP contribution in [0.5, 0.6) is 0 Å². The van der Waals surface area contributed by atoms with Crippen molar-refractivity contribution in [3.05, 3.63) is 42.5 Å². The van der Waals surface area contributed by atoms with Gasteiger partial charge in [0.25, 0.3) is 0 Å². The number of hydrogen-bond acceptors (Lipinski definition) is 1. The van der Waals surface area contributed by atoms with Gasteiger partial charge in [-0.2, -0.15) is 0 Å². The second kappa shape index (κ2) is 5.13. The lowest BCUT2D eigenvalue weighted by Crippen LogP contribution is -1.76. The highest BCUT2D eigenvalue weighted by Crippen LogP contribution is 2.06. The Labute approximate surface area is 67.0 Å². The minimum absolute atomic E-state index is 0.121. The molecule has 1 aromatic carbocycles. The molecule has 0 saturated heterocycles. The van der Waals surface area contributed by atoms with Crippen LogP contribution in [0.3, 0.4) is 0 Å². The van der Waals surface area contributed by atoms with E-state index in [-0.39, 0.29) is 5.76 Å². The van der Waals surface area contributed by atoms with Gasteiger partial charge in [0.2, 0.25) is 0 Å². The summed E-state index contributed by atoms with van der Waals surface area (Å²) >= 11 is 0. The molecule has 0 aliphatic carbocycles. The van der Waals surface area contributed by atoms with Crippen molar-refractivity contribution < 1.29 is 5.11 Å². The maximum absolute atomic E-state index is 8.83. The maximum Gasteiger partial charge on any atom is 0.115 e. The first-order chi connectivity index (χ1) is 5.30. The Kier molecular flexibility index (Phi) is 4.35. The zero-order valence-corrected chi connectivity index (χ0v) is 6.20. The van der Waals surface area contributed by atoms with Crippen LogP contribution < -0.4 is 0 Å². The first-order valence-electron chi connectivity index (χ1n) is 3.07. The van der Waals surface area contributed by atoms with E-state index in [0.717, 1.165) is 5.56 Å². The van der Waals surface area contributed by atoms with Gasteiger partial charge >= 0.3 is 0 Å². The summed E-state index contributed by atoms with van der Waals surface area (Å²) in [6.07, 6.45) is 8.00. The van der Waals surface area contributed by atoms with E-state index in [1.165, 1.54) is 0 Å². The lowest BCUT2D eigenvalue weighted by atomic mass is 10.2. The van der Waals surface area contributed by atoms with Gasteiger partial charge in [0.1, 0.15) is 5.76 Å². The molecule has 0 saturated carbocycles. The summed E-state index contributed by atoms with van der Waals surface area (Å²) < 4.78 is 0. The minimum Gasteiger partial charge on any atom is -0.508 e. The molecule has 0 spiro atoms. The molecule has 0 fully saturated rings. The highest BCUT2D eigenvalue weighted by atomic mass is 16.3. The van der Waals surface area contributed by atoms with Crippen LogP contribution in [0.2, 0.25) is 0 Å². The lowest BCUT2D eigenvalue weighted by Gasteiger charge is -1.93.